The van der Waals surface area contributed by atoms with Gasteiger partial charge in [0.1, 0.15) is 0 Å². The highest BCUT2D eigenvalue weighted by atomic mass is 15.2. The number of pyridine rings is 1. The van der Waals surface area contributed by atoms with Crippen molar-refractivity contribution in [2.45, 2.75) is 13.3 Å². The molecule has 1 aliphatic heterocycles. The molecular formula is C16H21N3. The average molecular weight is 255 g/mol. The van der Waals surface area contributed by atoms with E-state index in [2.05, 4.69) is 46.4 Å². The van der Waals surface area contributed by atoms with Gasteiger partial charge in [-0.3, -0.25) is 4.98 Å². The molecule has 0 aliphatic carbocycles. The number of rotatable bonds is 3. The predicted octanol–water partition coefficient (Wildman–Crippen LogP) is 1.99. The lowest BCUT2D eigenvalue weighted by molar-refractivity contribution is 0.244. The normalized spacial score (nSPS) is 16.9. The molecule has 0 atom stereocenters. The number of nitrogens with one attached hydrogen (secondary N) is 1. The summed E-state index contributed by atoms with van der Waals surface area (Å²) in [7, 11) is 0. The van der Waals surface area contributed by atoms with Crippen LogP contribution < -0.4 is 5.32 Å². The highest BCUT2D eigenvalue weighted by molar-refractivity contribution is 5.84. The lowest BCUT2D eigenvalue weighted by Gasteiger charge is -2.27. The Kier molecular flexibility index (Phi) is 3.76. The smallest absolute Gasteiger partial charge is 0.0450 e. The van der Waals surface area contributed by atoms with Crippen LogP contribution in [0.2, 0.25) is 0 Å². The monoisotopic (exact) mass is 255 g/mol. The molecular weight excluding hydrogens is 234 g/mol. The van der Waals surface area contributed by atoms with Crippen LogP contribution in [0.15, 0.2) is 30.5 Å². The van der Waals surface area contributed by atoms with Gasteiger partial charge in [0.15, 0.2) is 0 Å². The van der Waals surface area contributed by atoms with Crippen molar-refractivity contribution in [2.75, 3.05) is 32.7 Å². The minimum absolute atomic E-state index is 1.12. The Morgan fingerprint density at radius 1 is 1.21 bits per heavy atom. The lowest BCUT2D eigenvalue weighted by atomic mass is 10.0. The van der Waals surface area contributed by atoms with Gasteiger partial charge in [-0.05, 0) is 30.4 Å². The Hall–Kier alpha value is -1.45. The maximum Gasteiger partial charge on any atom is 0.0450 e. The Morgan fingerprint density at radius 2 is 2.05 bits per heavy atom. The molecule has 100 valence electrons. The molecule has 1 aromatic heterocycles. The maximum absolute atomic E-state index is 4.34. The molecule has 0 unspecified atom stereocenters. The third kappa shape index (κ3) is 2.94. The molecule has 0 bridgehead atoms. The molecule has 3 rings (SSSR count). The second-order valence-electron chi connectivity index (χ2n) is 5.29. The van der Waals surface area contributed by atoms with Gasteiger partial charge in [-0.15, -0.1) is 0 Å². The van der Waals surface area contributed by atoms with Gasteiger partial charge >= 0.3 is 0 Å². The Balaban J connectivity index is 1.71. The van der Waals surface area contributed by atoms with Gasteiger partial charge in [0, 0.05) is 50.0 Å². The number of fused-ring (bicyclic) bond motifs is 1. The molecule has 0 amide bonds. The zero-order valence-electron chi connectivity index (χ0n) is 11.5. The molecule has 0 radical (unpaired) electrons. The Morgan fingerprint density at radius 3 is 2.89 bits per heavy atom. The second kappa shape index (κ2) is 5.68. The van der Waals surface area contributed by atoms with Crippen LogP contribution in [0.5, 0.6) is 0 Å². The summed E-state index contributed by atoms with van der Waals surface area (Å²) in [5, 5.41) is 5.98. The fourth-order valence-electron chi connectivity index (χ4n) is 2.76. The van der Waals surface area contributed by atoms with Crippen LogP contribution in [0.3, 0.4) is 0 Å². The molecule has 3 nitrogen and oxygen atoms in total. The van der Waals surface area contributed by atoms with Gasteiger partial charge in [0.05, 0.1) is 0 Å². The summed E-state index contributed by atoms with van der Waals surface area (Å²) in [4.78, 5) is 6.88. The molecule has 1 aliphatic rings. The number of aryl methyl sites for hydroxylation is 1. The van der Waals surface area contributed by atoms with E-state index in [0.717, 1.165) is 31.7 Å². The van der Waals surface area contributed by atoms with Gasteiger partial charge in [-0.2, -0.15) is 0 Å². The Labute approximate surface area is 114 Å². The summed E-state index contributed by atoms with van der Waals surface area (Å²) in [5.41, 5.74) is 2.54. The van der Waals surface area contributed by atoms with Crippen molar-refractivity contribution in [3.63, 3.8) is 0 Å². The average Bonchev–Trinajstić information content (AvgIpc) is 2.46. The van der Waals surface area contributed by atoms with E-state index in [9.17, 15) is 0 Å². The zero-order valence-corrected chi connectivity index (χ0v) is 11.5. The third-order valence-electron chi connectivity index (χ3n) is 3.95. The first-order valence-electron chi connectivity index (χ1n) is 7.10. The molecule has 19 heavy (non-hydrogen) atoms. The molecule has 0 saturated carbocycles. The molecule has 0 spiro atoms. The molecule has 1 fully saturated rings. The van der Waals surface area contributed by atoms with Crippen LogP contribution in [0.4, 0.5) is 0 Å². The summed E-state index contributed by atoms with van der Waals surface area (Å²) in [6.45, 7) is 7.85. The summed E-state index contributed by atoms with van der Waals surface area (Å²) >= 11 is 0. The number of nitrogens with zero attached hydrogens (tertiary/aromatic N) is 2. The molecule has 1 saturated heterocycles. The van der Waals surface area contributed by atoms with Gasteiger partial charge in [0.2, 0.25) is 0 Å². The van der Waals surface area contributed by atoms with Crippen LogP contribution in [-0.2, 0) is 6.42 Å². The molecule has 1 N–H and O–H groups in total. The van der Waals surface area contributed by atoms with Gasteiger partial charge in [-0.1, -0.05) is 18.2 Å². The van der Waals surface area contributed by atoms with Crippen molar-refractivity contribution in [3.8, 4) is 0 Å². The minimum Gasteiger partial charge on any atom is -0.314 e. The summed E-state index contributed by atoms with van der Waals surface area (Å²) in [6, 6.07) is 8.88. The zero-order chi connectivity index (χ0) is 13.1. The van der Waals surface area contributed by atoms with Gasteiger partial charge < -0.3 is 10.2 Å². The summed E-state index contributed by atoms with van der Waals surface area (Å²) in [6.07, 6.45) is 3.04. The summed E-state index contributed by atoms with van der Waals surface area (Å²) < 4.78 is 0. The third-order valence-corrected chi connectivity index (χ3v) is 3.95. The maximum atomic E-state index is 4.34. The van der Waals surface area contributed by atoms with E-state index in [0.29, 0.717) is 0 Å². The van der Waals surface area contributed by atoms with E-state index in [4.69, 9.17) is 0 Å². The highest BCUT2D eigenvalue weighted by Crippen LogP contribution is 2.18. The fourth-order valence-corrected chi connectivity index (χ4v) is 2.76. The van der Waals surface area contributed by atoms with Crippen molar-refractivity contribution < 1.29 is 0 Å². The van der Waals surface area contributed by atoms with Crippen molar-refractivity contribution in [1.82, 2.24) is 15.2 Å². The highest BCUT2D eigenvalue weighted by Gasteiger charge is 2.09. The van der Waals surface area contributed by atoms with Crippen LogP contribution in [0, 0.1) is 6.92 Å². The fraction of sp³-hybridized carbons (Fsp3) is 0.438. The molecule has 2 heterocycles. The lowest BCUT2D eigenvalue weighted by Crippen LogP contribution is -2.44. The van der Waals surface area contributed by atoms with Crippen LogP contribution in [-0.4, -0.2) is 42.6 Å². The van der Waals surface area contributed by atoms with E-state index in [1.165, 1.54) is 29.4 Å². The second-order valence-corrected chi connectivity index (χ2v) is 5.29. The van der Waals surface area contributed by atoms with Crippen molar-refractivity contribution >= 4 is 10.8 Å². The van der Waals surface area contributed by atoms with E-state index in [1.54, 1.807) is 0 Å². The SMILES string of the molecule is Cc1nccc2cc(CCN3CCNCC3)ccc12. The topological polar surface area (TPSA) is 28.2 Å². The van der Waals surface area contributed by atoms with Crippen molar-refractivity contribution in [2.24, 2.45) is 0 Å². The number of hydrogen-bond donors (Lipinski definition) is 1. The first kappa shape index (κ1) is 12.6. The predicted molar refractivity (Wildman–Crippen MR) is 79.5 cm³/mol. The largest absolute Gasteiger partial charge is 0.314 e. The number of benzene rings is 1. The quantitative estimate of drug-likeness (QED) is 0.909. The van der Waals surface area contributed by atoms with E-state index >= 15 is 0 Å². The summed E-state index contributed by atoms with van der Waals surface area (Å²) in [5.74, 6) is 0. The number of aromatic nitrogens is 1. The van der Waals surface area contributed by atoms with E-state index in [1.807, 2.05) is 6.20 Å². The van der Waals surface area contributed by atoms with Crippen LogP contribution in [0.1, 0.15) is 11.3 Å². The first-order valence-corrected chi connectivity index (χ1v) is 7.10. The molecule has 2 aromatic rings. The van der Waals surface area contributed by atoms with Crippen LogP contribution >= 0.6 is 0 Å². The van der Waals surface area contributed by atoms with E-state index in [-0.39, 0.29) is 0 Å². The van der Waals surface area contributed by atoms with E-state index < -0.39 is 0 Å². The van der Waals surface area contributed by atoms with Crippen molar-refractivity contribution in [1.29, 1.82) is 0 Å². The first-order chi connectivity index (χ1) is 9.33. The Bertz CT molecular complexity index is 559. The van der Waals surface area contributed by atoms with Crippen molar-refractivity contribution in [3.05, 3.63) is 41.7 Å². The molecule has 1 aromatic carbocycles. The molecule has 3 heteroatoms. The van der Waals surface area contributed by atoms with Crippen LogP contribution in [0.25, 0.3) is 10.8 Å². The van der Waals surface area contributed by atoms with Gasteiger partial charge in [0.25, 0.3) is 0 Å². The van der Waals surface area contributed by atoms with Gasteiger partial charge in [-0.25, -0.2) is 0 Å². The minimum atomic E-state index is 1.12. The number of hydrogen-bond acceptors (Lipinski definition) is 3. The standard InChI is InChI=1S/C16H21N3/c1-13-16-3-2-14(12-15(16)4-6-18-13)5-9-19-10-7-17-8-11-19/h2-4,6,12,17H,5,7-11H2,1H3. The number of piperazine rings is 1.